The maximum absolute atomic E-state index is 12.9. The minimum absolute atomic E-state index is 0.336. The molecule has 0 aliphatic rings. The van der Waals surface area contributed by atoms with Crippen LogP contribution >= 0.6 is 31.6 Å². The summed E-state index contributed by atoms with van der Waals surface area (Å²) in [5.74, 6) is -1.08. The molecule has 0 N–H and O–H groups in total. The number of halogens is 3. The van der Waals surface area contributed by atoms with Gasteiger partial charge in [-0.1, -0.05) is 12.1 Å². The summed E-state index contributed by atoms with van der Waals surface area (Å²) in [5.41, 5.74) is 0. The topological polar surface area (TPSA) is 44.8 Å². The predicted molar refractivity (Wildman–Crippen MR) is 48.5 cm³/mol. The van der Waals surface area contributed by atoms with Crippen LogP contribution in [0.5, 0.6) is 5.75 Å². The minimum atomic E-state index is -4.14. The summed E-state index contributed by atoms with van der Waals surface area (Å²) in [6, 6.07) is 5.21. The molecule has 0 radical (unpaired) electrons. The van der Waals surface area contributed by atoms with Crippen molar-refractivity contribution in [2.75, 3.05) is 0 Å². The Bertz CT molecular complexity index is 353. The third-order valence-corrected chi connectivity index (χ3v) is 2.99. The van der Waals surface area contributed by atoms with Gasteiger partial charge in [-0.05, 0) is 12.1 Å². The van der Waals surface area contributed by atoms with Crippen LogP contribution < -0.4 is 4.52 Å². The Morgan fingerprint density at radius 2 is 1.79 bits per heavy atom. The van der Waals surface area contributed by atoms with Gasteiger partial charge in [0.1, 0.15) is 0 Å². The second-order valence-electron chi connectivity index (χ2n) is 2.11. The van der Waals surface area contributed by atoms with Crippen LogP contribution in [0.1, 0.15) is 0 Å². The van der Waals surface area contributed by atoms with Crippen molar-refractivity contribution in [3.05, 3.63) is 30.1 Å². The summed E-state index contributed by atoms with van der Waals surface area (Å²) in [4.78, 5) is 0. The van der Waals surface area contributed by atoms with Crippen molar-refractivity contribution in [3.63, 3.8) is 0 Å². The quantitative estimate of drug-likeness (QED) is 0.776. The normalized spacial score (nSPS) is 11.4. The van der Waals surface area contributed by atoms with E-state index >= 15 is 0 Å². The fraction of sp³-hybridized carbons (Fsp3) is 0. The maximum Gasteiger partial charge on any atom is 0.563 e. The minimum Gasteiger partial charge on any atom is -0.399 e. The summed E-state index contributed by atoms with van der Waals surface area (Å²) in [7, 11) is -4.14. The first-order chi connectivity index (χ1) is 6.61. The van der Waals surface area contributed by atoms with Crippen LogP contribution in [0.4, 0.5) is 4.39 Å². The maximum atomic E-state index is 12.9. The summed E-state index contributed by atoms with van der Waals surface area (Å²) in [5, 5.41) is 0. The van der Waals surface area contributed by atoms with Crippen LogP contribution in [0.15, 0.2) is 24.3 Å². The Morgan fingerprint density at radius 3 is 2.29 bits per heavy atom. The lowest BCUT2D eigenvalue weighted by atomic mass is 10.3. The van der Waals surface area contributed by atoms with Gasteiger partial charge < -0.3 is 4.52 Å². The van der Waals surface area contributed by atoms with Gasteiger partial charge in [0, 0.05) is 0 Å². The Hall–Kier alpha value is -0.320. The van der Waals surface area contributed by atoms with Gasteiger partial charge in [-0.2, -0.15) is 8.15 Å². The number of benzene rings is 1. The van der Waals surface area contributed by atoms with Crippen molar-refractivity contribution in [1.29, 1.82) is 0 Å². The van der Waals surface area contributed by atoms with Crippen molar-refractivity contribution in [2.24, 2.45) is 0 Å². The Kier molecular flexibility index (Phi) is 4.16. The monoisotopic (exact) mass is 260 g/mol. The molecule has 0 atom stereocenters. The summed E-state index contributed by atoms with van der Waals surface area (Å²) in [6.45, 7) is 0. The van der Waals surface area contributed by atoms with Crippen molar-refractivity contribution >= 4 is 31.6 Å². The molecule has 0 saturated heterocycles. The molecule has 0 amide bonds. The molecule has 0 aliphatic heterocycles. The van der Waals surface area contributed by atoms with Gasteiger partial charge in [-0.25, -0.2) is 8.96 Å². The fourth-order valence-electron chi connectivity index (χ4n) is 0.678. The molecule has 4 nitrogen and oxygen atoms in total. The molecule has 0 spiro atoms. The predicted octanol–water partition coefficient (Wildman–Crippen LogP) is 3.65. The molecule has 0 aliphatic carbocycles. The van der Waals surface area contributed by atoms with Crippen molar-refractivity contribution in [2.45, 2.75) is 0 Å². The zero-order chi connectivity index (χ0) is 10.6. The van der Waals surface area contributed by atoms with Crippen molar-refractivity contribution in [1.82, 2.24) is 0 Å². The number of rotatable bonds is 4. The van der Waals surface area contributed by atoms with Gasteiger partial charge in [-0.3, -0.25) is 0 Å². The highest BCUT2D eigenvalue weighted by Gasteiger charge is 2.29. The van der Waals surface area contributed by atoms with Gasteiger partial charge >= 0.3 is 7.82 Å². The SMILES string of the molecule is O=P(OCl)(OCl)Oc1ccccc1F. The highest BCUT2D eigenvalue weighted by molar-refractivity contribution is 7.50. The standard InChI is InChI=1S/C6H4Cl2FO4P/c7-12-14(10,13-8)11-6-4-2-1-3-5(6)9/h1-4H. The number of hydrogen-bond acceptors (Lipinski definition) is 4. The van der Waals surface area contributed by atoms with Crippen LogP contribution in [0.3, 0.4) is 0 Å². The van der Waals surface area contributed by atoms with Gasteiger partial charge in [-0.15, -0.1) is 0 Å². The van der Waals surface area contributed by atoms with Crippen LogP contribution in [0.25, 0.3) is 0 Å². The molecular formula is C6H4Cl2FO4P. The molecular weight excluding hydrogens is 257 g/mol. The molecule has 0 saturated carbocycles. The van der Waals surface area contributed by atoms with E-state index in [0.29, 0.717) is 0 Å². The number of para-hydroxylation sites is 1. The Balaban J connectivity index is 2.88. The van der Waals surface area contributed by atoms with E-state index in [2.05, 4.69) is 12.7 Å². The number of phosphoric acid groups is 1. The van der Waals surface area contributed by atoms with Crippen LogP contribution in [-0.4, -0.2) is 0 Å². The zero-order valence-corrected chi connectivity index (χ0v) is 8.93. The average Bonchev–Trinajstić information content (AvgIpc) is 2.21. The highest BCUT2D eigenvalue weighted by atomic mass is 35.5. The molecule has 8 heteroatoms. The molecule has 1 aromatic carbocycles. The first kappa shape index (κ1) is 11.8. The molecule has 0 unspecified atom stereocenters. The third kappa shape index (κ3) is 2.83. The first-order valence-electron chi connectivity index (χ1n) is 3.26. The largest absolute Gasteiger partial charge is 0.563 e. The van der Waals surface area contributed by atoms with E-state index in [0.717, 1.165) is 6.07 Å². The molecule has 0 aromatic heterocycles. The molecule has 0 fully saturated rings. The van der Waals surface area contributed by atoms with E-state index in [-0.39, 0.29) is 5.75 Å². The van der Waals surface area contributed by atoms with E-state index < -0.39 is 13.6 Å². The lowest BCUT2D eigenvalue weighted by Crippen LogP contribution is -1.94. The van der Waals surface area contributed by atoms with Crippen molar-refractivity contribution < 1.29 is 21.6 Å². The van der Waals surface area contributed by atoms with Gasteiger partial charge in [0.2, 0.25) is 0 Å². The van der Waals surface area contributed by atoms with Crippen LogP contribution in [-0.2, 0) is 12.7 Å². The second kappa shape index (κ2) is 4.96. The fourth-order valence-corrected chi connectivity index (χ4v) is 1.57. The van der Waals surface area contributed by atoms with E-state index in [1.807, 2.05) is 0 Å². The molecule has 0 bridgehead atoms. The summed E-state index contributed by atoms with van der Waals surface area (Å²) in [6.07, 6.45) is 0. The van der Waals surface area contributed by atoms with Crippen LogP contribution in [0, 0.1) is 5.82 Å². The summed E-state index contributed by atoms with van der Waals surface area (Å²) >= 11 is 9.58. The van der Waals surface area contributed by atoms with E-state index in [9.17, 15) is 8.96 Å². The van der Waals surface area contributed by atoms with E-state index in [1.54, 1.807) is 0 Å². The molecule has 1 aromatic rings. The Morgan fingerprint density at radius 1 is 1.21 bits per heavy atom. The molecule has 0 heterocycles. The second-order valence-corrected chi connectivity index (χ2v) is 4.29. The zero-order valence-electron chi connectivity index (χ0n) is 6.52. The lowest BCUT2D eigenvalue weighted by molar-refractivity contribution is 0.312. The van der Waals surface area contributed by atoms with Crippen LogP contribution in [0.2, 0.25) is 0 Å². The van der Waals surface area contributed by atoms with E-state index in [1.165, 1.54) is 18.2 Å². The molecule has 1 rings (SSSR count). The highest BCUT2D eigenvalue weighted by Crippen LogP contribution is 2.52. The first-order valence-corrected chi connectivity index (χ1v) is 5.34. The number of hydrogen-bond donors (Lipinski definition) is 0. The molecule has 14 heavy (non-hydrogen) atoms. The molecule has 78 valence electrons. The van der Waals surface area contributed by atoms with Gasteiger partial charge in [0.15, 0.2) is 11.6 Å². The summed E-state index contributed by atoms with van der Waals surface area (Å²) < 4.78 is 36.3. The Labute approximate surface area is 89.4 Å². The van der Waals surface area contributed by atoms with Gasteiger partial charge in [0.25, 0.3) is 0 Å². The van der Waals surface area contributed by atoms with Gasteiger partial charge in [0.05, 0.1) is 23.7 Å². The van der Waals surface area contributed by atoms with E-state index in [4.69, 9.17) is 23.7 Å². The smallest absolute Gasteiger partial charge is 0.399 e. The van der Waals surface area contributed by atoms with Crippen molar-refractivity contribution in [3.8, 4) is 5.75 Å². The lowest BCUT2D eigenvalue weighted by Gasteiger charge is -2.10. The third-order valence-electron chi connectivity index (χ3n) is 1.22. The average molecular weight is 261 g/mol.